The molecule has 38 heavy (non-hydrogen) atoms. The lowest BCUT2D eigenvalue weighted by Gasteiger charge is -2.05. The third kappa shape index (κ3) is 4.53. The van der Waals surface area contributed by atoms with E-state index in [1.165, 1.54) is 52.1 Å². The molecule has 192 valence electrons. The molecule has 0 aliphatic rings. The molecule has 2 aromatic heterocycles. The van der Waals surface area contributed by atoms with Crippen molar-refractivity contribution in [3.8, 4) is 34.4 Å². The van der Waals surface area contributed by atoms with Crippen LogP contribution in [0.1, 0.15) is 5.56 Å². The third-order valence-electron chi connectivity index (χ3n) is 5.79. The maximum Gasteiger partial charge on any atom is 0.166 e. The minimum Gasteiger partial charge on any atom is -0.507 e. The van der Waals surface area contributed by atoms with Crippen molar-refractivity contribution in [2.75, 3.05) is 0 Å². The van der Waals surface area contributed by atoms with Crippen molar-refractivity contribution in [3.63, 3.8) is 0 Å². The number of benzene rings is 4. The van der Waals surface area contributed by atoms with Gasteiger partial charge in [0, 0.05) is 17.2 Å². The number of nitrogens with zero attached hydrogens (tertiary/aromatic N) is 4. The Morgan fingerprint density at radius 3 is 1.61 bits per heavy atom. The fourth-order valence-electron chi connectivity index (χ4n) is 3.99. The van der Waals surface area contributed by atoms with Crippen LogP contribution in [-0.4, -0.2) is 40.0 Å². The molecule has 11 heteroatoms. The summed E-state index contributed by atoms with van der Waals surface area (Å²) >= 11 is 5.88. The van der Waals surface area contributed by atoms with Gasteiger partial charge in [0.25, 0.3) is 0 Å². The molecule has 0 atom stereocenters. The fourth-order valence-corrected chi connectivity index (χ4v) is 4.19. The zero-order valence-electron chi connectivity index (χ0n) is 19.6. The summed E-state index contributed by atoms with van der Waals surface area (Å²) in [6, 6.07) is 14.5. The van der Waals surface area contributed by atoms with E-state index in [0.29, 0.717) is 38.2 Å². The number of rotatable bonds is 2. The summed E-state index contributed by atoms with van der Waals surface area (Å²) in [6.07, 6.45) is 2.99. The number of phenols is 4. The molecule has 0 unspecified atom stereocenters. The number of aryl methyl sites for hydroxylation is 1. The normalized spacial score (nSPS) is 11.1. The molecule has 0 aliphatic carbocycles. The molecule has 0 amide bonds. The van der Waals surface area contributed by atoms with E-state index >= 15 is 0 Å². The highest BCUT2D eigenvalue weighted by molar-refractivity contribution is 6.31. The van der Waals surface area contributed by atoms with Gasteiger partial charge in [0.15, 0.2) is 23.1 Å². The lowest BCUT2D eigenvalue weighted by molar-refractivity contribution is 0.432. The summed E-state index contributed by atoms with van der Waals surface area (Å²) in [7, 11) is 0. The van der Waals surface area contributed by atoms with Crippen LogP contribution < -0.4 is 0 Å². The topological polar surface area (TPSA) is 117 Å². The van der Waals surface area contributed by atoms with E-state index < -0.39 is 23.1 Å². The predicted octanol–water partition coefficient (Wildman–Crippen LogP) is 6.11. The Morgan fingerprint density at radius 2 is 1.11 bits per heavy atom. The molecular formula is C27H19ClF2N4O4. The van der Waals surface area contributed by atoms with Gasteiger partial charge in [-0.2, -0.15) is 10.2 Å². The van der Waals surface area contributed by atoms with Gasteiger partial charge in [-0.05, 0) is 61.0 Å². The SMILES string of the molecule is Cc1cc(O)c2cnn(-c3ccc(O)c(F)c3)c2c1.Oc1ccc(-n2ncc3c(O)cc(Cl)cc32)cc1F. The number of aromatic nitrogens is 4. The highest BCUT2D eigenvalue weighted by atomic mass is 35.5. The van der Waals surface area contributed by atoms with Gasteiger partial charge in [-0.25, -0.2) is 18.1 Å². The molecule has 0 bridgehead atoms. The Balaban J connectivity index is 0.000000155. The Kier molecular flexibility index (Phi) is 6.25. The first-order valence-corrected chi connectivity index (χ1v) is 11.5. The number of fused-ring (bicyclic) bond motifs is 2. The smallest absolute Gasteiger partial charge is 0.166 e. The number of phenolic OH excluding ortho intramolecular Hbond substituents is 4. The van der Waals surface area contributed by atoms with E-state index in [2.05, 4.69) is 10.2 Å². The van der Waals surface area contributed by atoms with Crippen LogP contribution in [0.4, 0.5) is 8.78 Å². The van der Waals surface area contributed by atoms with Crippen LogP contribution in [0, 0.1) is 18.6 Å². The number of halogens is 3. The van der Waals surface area contributed by atoms with E-state index in [-0.39, 0.29) is 11.5 Å². The van der Waals surface area contributed by atoms with Crippen LogP contribution in [0.5, 0.6) is 23.0 Å². The second kappa shape index (κ2) is 9.56. The highest BCUT2D eigenvalue weighted by Crippen LogP contribution is 2.31. The molecule has 4 aromatic carbocycles. The van der Waals surface area contributed by atoms with Crippen molar-refractivity contribution < 1.29 is 29.2 Å². The molecule has 0 spiro atoms. The molecule has 8 nitrogen and oxygen atoms in total. The summed E-state index contributed by atoms with van der Waals surface area (Å²) in [6.45, 7) is 1.86. The molecular weight excluding hydrogens is 518 g/mol. The van der Waals surface area contributed by atoms with Gasteiger partial charge in [0.2, 0.25) is 0 Å². The summed E-state index contributed by atoms with van der Waals surface area (Å²) in [5, 5.41) is 47.7. The second-order valence-corrected chi connectivity index (χ2v) is 8.90. The molecule has 0 saturated carbocycles. The maximum atomic E-state index is 13.4. The van der Waals surface area contributed by atoms with Crippen molar-refractivity contribution >= 4 is 33.4 Å². The van der Waals surface area contributed by atoms with Gasteiger partial charge in [0.1, 0.15) is 11.5 Å². The average molecular weight is 537 g/mol. The fraction of sp³-hybridized carbons (Fsp3) is 0.0370. The molecule has 0 saturated heterocycles. The Hall–Kier alpha value is -4.83. The number of hydrogen-bond donors (Lipinski definition) is 4. The van der Waals surface area contributed by atoms with Gasteiger partial charge in [0.05, 0.1) is 45.6 Å². The molecule has 0 aliphatic heterocycles. The molecule has 6 rings (SSSR count). The lowest BCUT2D eigenvalue weighted by Crippen LogP contribution is -1.96. The van der Waals surface area contributed by atoms with Gasteiger partial charge < -0.3 is 20.4 Å². The number of hydrogen-bond acceptors (Lipinski definition) is 6. The van der Waals surface area contributed by atoms with Crippen LogP contribution in [0.15, 0.2) is 73.1 Å². The number of aromatic hydroxyl groups is 4. The van der Waals surface area contributed by atoms with Crippen molar-refractivity contribution in [3.05, 3.63) is 95.3 Å². The Morgan fingerprint density at radius 1 is 0.632 bits per heavy atom. The zero-order valence-corrected chi connectivity index (χ0v) is 20.4. The van der Waals surface area contributed by atoms with E-state index in [1.54, 1.807) is 18.2 Å². The van der Waals surface area contributed by atoms with Crippen LogP contribution in [0.3, 0.4) is 0 Å². The standard InChI is InChI=1S/C14H11FN2O2.C13H8ClFN2O2/c1-8-4-12-10(14(19)5-8)7-16-17(12)9-2-3-13(18)11(15)6-9;14-7-3-11-9(13(19)4-7)6-16-17(11)8-1-2-12(18)10(15)5-8/h2-7,18-19H,1H3;1-6,18-19H. The van der Waals surface area contributed by atoms with Gasteiger partial charge in [-0.1, -0.05) is 11.6 Å². The average Bonchev–Trinajstić information content (AvgIpc) is 3.48. The Labute approximate surface area is 218 Å². The third-order valence-corrected chi connectivity index (χ3v) is 6.01. The minimum atomic E-state index is -0.743. The first kappa shape index (κ1) is 24.8. The summed E-state index contributed by atoms with van der Waals surface area (Å²) in [5.74, 6) is -2.14. The van der Waals surface area contributed by atoms with E-state index in [0.717, 1.165) is 11.6 Å². The van der Waals surface area contributed by atoms with Crippen LogP contribution >= 0.6 is 11.6 Å². The van der Waals surface area contributed by atoms with Crippen LogP contribution in [0.25, 0.3) is 33.2 Å². The molecule has 6 aromatic rings. The molecule has 4 N–H and O–H groups in total. The van der Waals surface area contributed by atoms with Crippen LogP contribution in [-0.2, 0) is 0 Å². The van der Waals surface area contributed by atoms with Gasteiger partial charge in [-0.15, -0.1) is 0 Å². The lowest BCUT2D eigenvalue weighted by atomic mass is 10.1. The van der Waals surface area contributed by atoms with Crippen molar-refractivity contribution in [1.82, 2.24) is 19.6 Å². The highest BCUT2D eigenvalue weighted by Gasteiger charge is 2.12. The van der Waals surface area contributed by atoms with Gasteiger partial charge in [-0.3, -0.25) is 0 Å². The summed E-state index contributed by atoms with van der Waals surface area (Å²) < 4.78 is 29.7. The quantitative estimate of drug-likeness (QED) is 0.212. The molecule has 0 radical (unpaired) electrons. The van der Waals surface area contributed by atoms with Crippen molar-refractivity contribution in [2.45, 2.75) is 6.92 Å². The molecule has 0 fully saturated rings. The van der Waals surface area contributed by atoms with Crippen molar-refractivity contribution in [2.24, 2.45) is 0 Å². The first-order valence-electron chi connectivity index (χ1n) is 11.1. The maximum absolute atomic E-state index is 13.4. The monoisotopic (exact) mass is 536 g/mol. The van der Waals surface area contributed by atoms with Crippen LogP contribution in [0.2, 0.25) is 5.02 Å². The van der Waals surface area contributed by atoms with E-state index in [9.17, 15) is 29.2 Å². The largest absolute Gasteiger partial charge is 0.507 e. The van der Waals surface area contributed by atoms with E-state index in [4.69, 9.17) is 11.6 Å². The zero-order chi connectivity index (χ0) is 27.1. The van der Waals surface area contributed by atoms with Crippen molar-refractivity contribution in [1.29, 1.82) is 0 Å². The predicted molar refractivity (Wildman–Crippen MR) is 138 cm³/mol. The summed E-state index contributed by atoms with van der Waals surface area (Å²) in [4.78, 5) is 0. The molecule has 2 heterocycles. The minimum absolute atomic E-state index is 0.00741. The van der Waals surface area contributed by atoms with E-state index in [1.807, 2.05) is 13.0 Å². The summed E-state index contributed by atoms with van der Waals surface area (Å²) in [5.41, 5.74) is 3.02. The first-order chi connectivity index (χ1) is 18.1. The Bertz CT molecular complexity index is 1700. The second-order valence-electron chi connectivity index (χ2n) is 8.46. The van der Waals surface area contributed by atoms with Gasteiger partial charge >= 0.3 is 0 Å².